The Kier molecular flexibility index (Phi) is 2.52. The number of benzene rings is 2. The van der Waals surface area contributed by atoms with E-state index in [1.165, 1.54) is 0 Å². The fourth-order valence-electron chi connectivity index (χ4n) is 2.25. The third-order valence-electron chi connectivity index (χ3n) is 3.00. The Balaban J connectivity index is 2.49. The molecule has 1 aliphatic heterocycles. The molecular weight excluding hydrogens is 226 g/mol. The van der Waals surface area contributed by atoms with Crippen molar-refractivity contribution in [3.63, 3.8) is 0 Å². The maximum atomic E-state index is 12.1. The smallest absolute Gasteiger partial charge is 0.188 e. The molecule has 0 spiro atoms. The third kappa shape index (κ3) is 1.56. The van der Waals surface area contributed by atoms with Crippen LogP contribution in [0.25, 0.3) is 22.0 Å². The summed E-state index contributed by atoms with van der Waals surface area (Å²) < 4.78 is 1.68. The first-order valence-electron chi connectivity index (χ1n) is 5.97. The van der Waals surface area contributed by atoms with Crippen molar-refractivity contribution in [1.82, 2.24) is 4.73 Å². The minimum atomic E-state index is 0.0257. The highest BCUT2D eigenvalue weighted by Gasteiger charge is 2.14. The molecule has 1 aliphatic carbocycles. The molecule has 0 amide bonds. The second kappa shape index (κ2) is 4.18. The zero-order valence-electron chi connectivity index (χ0n) is 10.1. The summed E-state index contributed by atoms with van der Waals surface area (Å²) in [6, 6.07) is 13.1. The van der Waals surface area contributed by atoms with Crippen molar-refractivity contribution in [1.29, 1.82) is 0 Å². The second-order valence-electron chi connectivity index (χ2n) is 4.11. The highest BCUT2D eigenvalue weighted by molar-refractivity contribution is 5.96. The first kappa shape index (κ1) is 10.8. The zero-order chi connectivity index (χ0) is 12.5. The van der Waals surface area contributed by atoms with E-state index in [0.29, 0.717) is 12.2 Å². The molecule has 3 rings (SSSR count). The zero-order valence-corrected chi connectivity index (χ0v) is 10.1. The molecule has 0 saturated heterocycles. The van der Waals surface area contributed by atoms with Gasteiger partial charge in [0, 0.05) is 5.39 Å². The van der Waals surface area contributed by atoms with Crippen molar-refractivity contribution in [2.45, 2.75) is 6.92 Å². The molecule has 0 radical (unpaired) electrons. The van der Waals surface area contributed by atoms with Gasteiger partial charge in [-0.2, -0.15) is 4.73 Å². The van der Waals surface area contributed by atoms with E-state index in [0.717, 1.165) is 16.5 Å². The largest absolute Gasteiger partial charge is 0.414 e. The molecule has 0 saturated carbocycles. The lowest BCUT2D eigenvalue weighted by Crippen LogP contribution is -2.17. The number of nitrogens with zero attached hydrogens (tertiary/aromatic N) is 1. The molecule has 0 aromatic heterocycles. The van der Waals surface area contributed by atoms with Crippen LogP contribution in [0.4, 0.5) is 0 Å². The van der Waals surface area contributed by atoms with Gasteiger partial charge in [0.15, 0.2) is 5.43 Å². The van der Waals surface area contributed by atoms with Crippen LogP contribution in [0.5, 0.6) is 0 Å². The van der Waals surface area contributed by atoms with Crippen LogP contribution in [-0.2, 0) is 0 Å². The molecule has 18 heavy (non-hydrogen) atoms. The molecule has 0 bridgehead atoms. The highest BCUT2D eigenvalue weighted by atomic mass is 16.7. The van der Waals surface area contributed by atoms with Crippen LogP contribution >= 0.6 is 0 Å². The summed E-state index contributed by atoms with van der Waals surface area (Å²) in [5.74, 6) is 0. The van der Waals surface area contributed by atoms with Crippen molar-refractivity contribution < 1.29 is 4.84 Å². The quantitative estimate of drug-likeness (QED) is 0.643. The molecule has 0 fully saturated rings. The van der Waals surface area contributed by atoms with Crippen LogP contribution < -0.4 is 10.3 Å². The molecule has 0 unspecified atom stereocenters. The molecule has 2 aliphatic rings. The predicted molar refractivity (Wildman–Crippen MR) is 72.0 cm³/mol. The Bertz CT molecular complexity index is 730. The van der Waals surface area contributed by atoms with Crippen molar-refractivity contribution in [3.05, 3.63) is 58.9 Å². The summed E-state index contributed by atoms with van der Waals surface area (Å²) in [7, 11) is 0. The standard InChI is InChI=1S/C15H13NO2/c1-2-18-16-10-11-6-3-4-7-12(11)15-13(16)8-5-9-14(15)17/h3-10H,2H2,1H3. The summed E-state index contributed by atoms with van der Waals surface area (Å²) in [4.78, 5) is 17.6. The van der Waals surface area contributed by atoms with Crippen LogP contribution in [0.3, 0.4) is 0 Å². The fraction of sp³-hybridized carbons (Fsp3) is 0.133. The van der Waals surface area contributed by atoms with Gasteiger partial charge < -0.3 is 4.84 Å². The monoisotopic (exact) mass is 239 g/mol. The maximum Gasteiger partial charge on any atom is 0.188 e. The molecule has 1 aromatic rings. The Labute approximate surface area is 105 Å². The van der Waals surface area contributed by atoms with Gasteiger partial charge in [0.2, 0.25) is 0 Å². The van der Waals surface area contributed by atoms with Gasteiger partial charge in [-0.15, -0.1) is 0 Å². The minimum Gasteiger partial charge on any atom is -0.414 e. The van der Waals surface area contributed by atoms with Crippen molar-refractivity contribution in [2.75, 3.05) is 6.61 Å². The Morgan fingerprint density at radius 1 is 1.11 bits per heavy atom. The number of pyridine rings is 1. The molecule has 90 valence electrons. The summed E-state index contributed by atoms with van der Waals surface area (Å²) in [6.45, 7) is 2.48. The lowest BCUT2D eigenvalue weighted by atomic mass is 10.0. The number of hydrogen-bond acceptors (Lipinski definition) is 2. The topological polar surface area (TPSA) is 31.2 Å². The van der Waals surface area contributed by atoms with E-state index in [1.54, 1.807) is 16.9 Å². The van der Waals surface area contributed by atoms with Crippen LogP contribution in [-0.4, -0.2) is 11.3 Å². The van der Waals surface area contributed by atoms with Gasteiger partial charge in [0.1, 0.15) is 6.61 Å². The second-order valence-corrected chi connectivity index (χ2v) is 4.11. The molecular formula is C15H13NO2. The average molecular weight is 239 g/mol. The summed E-state index contributed by atoms with van der Waals surface area (Å²) in [6.07, 6.45) is 1.92. The van der Waals surface area contributed by atoms with E-state index < -0.39 is 0 Å². The van der Waals surface area contributed by atoms with Gasteiger partial charge in [0.05, 0.1) is 17.5 Å². The number of rotatable bonds is 2. The van der Waals surface area contributed by atoms with Crippen molar-refractivity contribution in [2.24, 2.45) is 0 Å². The summed E-state index contributed by atoms with van der Waals surface area (Å²) in [5.41, 5.74) is 1.55. The van der Waals surface area contributed by atoms with Gasteiger partial charge in [-0.1, -0.05) is 30.3 Å². The molecule has 0 N–H and O–H groups in total. The van der Waals surface area contributed by atoms with E-state index in [4.69, 9.17) is 4.84 Å². The lowest BCUT2D eigenvalue weighted by molar-refractivity contribution is 0.125. The van der Waals surface area contributed by atoms with Gasteiger partial charge in [-0.05, 0) is 24.4 Å². The van der Waals surface area contributed by atoms with E-state index in [1.807, 2.05) is 43.5 Å². The predicted octanol–water partition coefficient (Wildman–Crippen LogP) is 2.55. The van der Waals surface area contributed by atoms with Crippen LogP contribution in [0, 0.1) is 0 Å². The molecule has 1 heterocycles. The number of hydrogen-bond donors (Lipinski definition) is 0. The Hall–Kier alpha value is -2.29. The first-order chi connectivity index (χ1) is 8.81. The van der Waals surface area contributed by atoms with Crippen molar-refractivity contribution in [3.8, 4) is 11.3 Å². The first-order valence-corrected chi connectivity index (χ1v) is 5.97. The van der Waals surface area contributed by atoms with Gasteiger partial charge in [-0.3, -0.25) is 4.79 Å². The normalized spacial score (nSPS) is 10.9. The van der Waals surface area contributed by atoms with E-state index in [9.17, 15) is 4.79 Å². The Morgan fingerprint density at radius 3 is 2.78 bits per heavy atom. The molecule has 3 heteroatoms. The van der Waals surface area contributed by atoms with Gasteiger partial charge >= 0.3 is 0 Å². The van der Waals surface area contributed by atoms with Crippen LogP contribution in [0.2, 0.25) is 0 Å². The average Bonchev–Trinajstić information content (AvgIpc) is 2.39. The maximum absolute atomic E-state index is 12.1. The summed E-state index contributed by atoms with van der Waals surface area (Å²) in [5, 5.41) is 1.97. The third-order valence-corrected chi connectivity index (χ3v) is 3.00. The Morgan fingerprint density at radius 2 is 1.94 bits per heavy atom. The summed E-state index contributed by atoms with van der Waals surface area (Å²) >= 11 is 0. The molecule has 0 atom stereocenters. The fourth-order valence-corrected chi connectivity index (χ4v) is 2.25. The molecule has 3 nitrogen and oxygen atoms in total. The van der Waals surface area contributed by atoms with Gasteiger partial charge in [0.25, 0.3) is 0 Å². The molecule has 1 aromatic carbocycles. The van der Waals surface area contributed by atoms with E-state index >= 15 is 0 Å². The number of fused-ring (bicyclic) bond motifs is 3. The minimum absolute atomic E-state index is 0.0257. The van der Waals surface area contributed by atoms with Gasteiger partial charge in [-0.25, -0.2) is 0 Å². The van der Waals surface area contributed by atoms with E-state index in [2.05, 4.69) is 0 Å². The van der Waals surface area contributed by atoms with Crippen molar-refractivity contribution >= 4 is 10.8 Å². The number of aromatic nitrogens is 1. The SMILES string of the molecule is CCOn1cc2ccccc2c2c(=O)cccc1-2. The lowest BCUT2D eigenvalue weighted by Gasteiger charge is -2.17. The van der Waals surface area contributed by atoms with Crippen LogP contribution in [0.1, 0.15) is 6.92 Å². The highest BCUT2D eigenvalue weighted by Crippen LogP contribution is 2.27. The van der Waals surface area contributed by atoms with E-state index in [-0.39, 0.29) is 5.43 Å². The van der Waals surface area contributed by atoms with Crippen LogP contribution in [0.15, 0.2) is 53.5 Å².